The number of Topliss-reactive ketones (excluding diaryl/α,β-unsaturated/α-hetero) is 2. The summed E-state index contributed by atoms with van der Waals surface area (Å²) in [6, 6.07) is 0. The minimum atomic E-state index is -1.84. The van der Waals surface area contributed by atoms with Gasteiger partial charge in [-0.2, -0.15) is 0 Å². The van der Waals surface area contributed by atoms with E-state index in [0.717, 1.165) is 0 Å². The Morgan fingerprint density at radius 1 is 0.591 bits per heavy atom. The van der Waals surface area contributed by atoms with Crippen LogP contribution in [0, 0.1) is 34.1 Å². The Morgan fingerprint density at radius 3 is 0.909 bits per heavy atom. The van der Waals surface area contributed by atoms with Crippen LogP contribution in [0.2, 0.25) is 0 Å². The molecule has 0 fully saturated rings. The summed E-state index contributed by atoms with van der Waals surface area (Å²) in [6.45, 7) is 8.16. The van der Waals surface area contributed by atoms with Crippen molar-refractivity contribution in [2.24, 2.45) is 10.8 Å². The van der Waals surface area contributed by atoms with Crippen molar-refractivity contribution in [3.05, 3.63) is 34.4 Å². The fraction of sp³-hybridized carbons (Fsp3) is 0.500. The minimum absolute atomic E-state index is 1.09. The summed E-state index contributed by atoms with van der Waals surface area (Å²) in [5.41, 5.74) is -5.08. The number of rotatable bonds is 2. The van der Waals surface area contributed by atoms with Crippen LogP contribution in [0.15, 0.2) is 0 Å². The number of benzene rings is 1. The van der Waals surface area contributed by atoms with E-state index in [2.05, 4.69) is 0 Å². The molecule has 0 aliphatic carbocycles. The van der Waals surface area contributed by atoms with E-state index in [-0.39, 0.29) is 0 Å². The summed E-state index contributed by atoms with van der Waals surface area (Å²) in [7, 11) is 0. The normalized spacial score (nSPS) is 12.5. The molecule has 0 aliphatic heterocycles. The number of hydrogen-bond donors (Lipinski definition) is 0. The first-order chi connectivity index (χ1) is 9.71. The van der Waals surface area contributed by atoms with Gasteiger partial charge in [-0.15, -0.1) is 0 Å². The van der Waals surface area contributed by atoms with Gasteiger partial charge in [0, 0.05) is 10.8 Å². The van der Waals surface area contributed by atoms with Gasteiger partial charge < -0.3 is 0 Å². The maximum absolute atomic E-state index is 14.1. The van der Waals surface area contributed by atoms with Gasteiger partial charge in [0.2, 0.25) is 0 Å². The van der Waals surface area contributed by atoms with Crippen LogP contribution in [-0.2, 0) is 0 Å². The van der Waals surface area contributed by atoms with Gasteiger partial charge in [-0.3, -0.25) is 9.59 Å². The SMILES string of the molecule is CC(C)(C)C(=O)c1c(F)c(F)c(C(=O)C(C)(C)C)c(F)c1F. The molecule has 0 amide bonds. The highest BCUT2D eigenvalue weighted by atomic mass is 19.2. The van der Waals surface area contributed by atoms with Gasteiger partial charge in [0.05, 0.1) is 11.1 Å². The van der Waals surface area contributed by atoms with Gasteiger partial charge >= 0.3 is 0 Å². The van der Waals surface area contributed by atoms with Crippen molar-refractivity contribution < 1.29 is 27.2 Å². The first kappa shape index (κ1) is 18.3. The van der Waals surface area contributed by atoms with Crippen molar-refractivity contribution in [3.8, 4) is 0 Å². The highest BCUT2D eigenvalue weighted by molar-refractivity contribution is 6.04. The van der Waals surface area contributed by atoms with E-state index in [4.69, 9.17) is 0 Å². The van der Waals surface area contributed by atoms with Crippen molar-refractivity contribution in [2.75, 3.05) is 0 Å². The van der Waals surface area contributed by atoms with E-state index in [1.807, 2.05) is 0 Å². The minimum Gasteiger partial charge on any atom is -0.293 e. The second-order valence-electron chi connectivity index (χ2n) is 7.16. The highest BCUT2D eigenvalue weighted by Gasteiger charge is 2.38. The van der Waals surface area contributed by atoms with Crippen molar-refractivity contribution >= 4 is 11.6 Å². The molecule has 6 heteroatoms. The second-order valence-corrected chi connectivity index (χ2v) is 7.16. The summed E-state index contributed by atoms with van der Waals surface area (Å²) in [5.74, 6) is -9.54. The fourth-order valence-electron chi connectivity index (χ4n) is 1.78. The molecule has 0 saturated heterocycles. The molecule has 22 heavy (non-hydrogen) atoms. The smallest absolute Gasteiger partial charge is 0.174 e. The maximum atomic E-state index is 14.1. The Balaban J connectivity index is 3.74. The zero-order valence-electron chi connectivity index (χ0n) is 13.3. The van der Waals surface area contributed by atoms with Gasteiger partial charge in [-0.25, -0.2) is 17.6 Å². The Morgan fingerprint density at radius 2 is 0.773 bits per heavy atom. The molecule has 0 atom stereocenters. The highest BCUT2D eigenvalue weighted by Crippen LogP contribution is 2.32. The topological polar surface area (TPSA) is 34.1 Å². The molecular weight excluding hydrogens is 300 g/mol. The molecule has 0 spiro atoms. The average molecular weight is 318 g/mol. The lowest BCUT2D eigenvalue weighted by molar-refractivity contribution is 0.0828. The molecule has 0 heterocycles. The van der Waals surface area contributed by atoms with E-state index in [9.17, 15) is 27.2 Å². The molecule has 0 N–H and O–H groups in total. The lowest BCUT2D eigenvalue weighted by Gasteiger charge is -2.21. The third-order valence-electron chi connectivity index (χ3n) is 3.08. The zero-order valence-corrected chi connectivity index (χ0v) is 13.3. The largest absolute Gasteiger partial charge is 0.293 e. The molecule has 1 rings (SSSR count). The van der Waals surface area contributed by atoms with E-state index < -0.39 is 56.8 Å². The molecule has 122 valence electrons. The Hall–Kier alpha value is -1.72. The molecule has 1 aromatic carbocycles. The van der Waals surface area contributed by atoms with Gasteiger partial charge in [-0.05, 0) is 0 Å². The standard InChI is InChI=1S/C16H18F4O2/c1-15(2,3)13(21)7-9(17)11(19)8(12(20)10(7)18)14(22)16(4,5)6/h1-6H3. The predicted molar refractivity (Wildman–Crippen MR) is 73.8 cm³/mol. The van der Waals surface area contributed by atoms with Gasteiger partial charge in [0.25, 0.3) is 0 Å². The van der Waals surface area contributed by atoms with Crippen LogP contribution in [0.4, 0.5) is 17.6 Å². The maximum Gasteiger partial charge on any atom is 0.174 e. The van der Waals surface area contributed by atoms with Crippen LogP contribution < -0.4 is 0 Å². The summed E-state index contributed by atoms with van der Waals surface area (Å²) in [4.78, 5) is 24.0. The van der Waals surface area contributed by atoms with Crippen molar-refractivity contribution in [1.82, 2.24) is 0 Å². The van der Waals surface area contributed by atoms with Crippen LogP contribution in [0.3, 0.4) is 0 Å². The first-order valence-electron chi connectivity index (χ1n) is 6.66. The fourth-order valence-corrected chi connectivity index (χ4v) is 1.78. The van der Waals surface area contributed by atoms with Crippen molar-refractivity contribution in [2.45, 2.75) is 41.5 Å². The van der Waals surface area contributed by atoms with Gasteiger partial charge in [-0.1, -0.05) is 41.5 Å². The molecule has 1 aromatic rings. The number of carbonyl (C=O) groups excluding carboxylic acids is 2. The van der Waals surface area contributed by atoms with Gasteiger partial charge in [0.15, 0.2) is 34.8 Å². The van der Waals surface area contributed by atoms with E-state index in [0.29, 0.717) is 0 Å². The third kappa shape index (κ3) is 3.05. The zero-order chi connectivity index (χ0) is 17.6. The lowest BCUT2D eigenvalue weighted by Crippen LogP contribution is -2.28. The second kappa shape index (κ2) is 5.48. The molecule has 0 radical (unpaired) electrons. The lowest BCUT2D eigenvalue weighted by atomic mass is 9.82. The predicted octanol–water partition coefficient (Wildman–Crippen LogP) is 4.70. The monoisotopic (exact) mass is 318 g/mol. The van der Waals surface area contributed by atoms with Crippen LogP contribution >= 0.6 is 0 Å². The van der Waals surface area contributed by atoms with Crippen LogP contribution in [0.25, 0.3) is 0 Å². The number of hydrogen-bond acceptors (Lipinski definition) is 2. The van der Waals surface area contributed by atoms with Crippen molar-refractivity contribution in [1.29, 1.82) is 0 Å². The number of carbonyl (C=O) groups is 2. The molecule has 2 nitrogen and oxygen atoms in total. The Labute approximate surface area is 126 Å². The summed E-state index contributed by atoms with van der Waals surface area (Å²) in [5, 5.41) is 0. The van der Waals surface area contributed by atoms with E-state index in [1.54, 1.807) is 0 Å². The van der Waals surface area contributed by atoms with E-state index >= 15 is 0 Å². The number of ketones is 2. The molecule has 0 unspecified atom stereocenters. The van der Waals surface area contributed by atoms with Crippen LogP contribution in [0.5, 0.6) is 0 Å². The van der Waals surface area contributed by atoms with Crippen LogP contribution in [-0.4, -0.2) is 11.6 Å². The summed E-state index contributed by atoms with van der Waals surface area (Å²) >= 11 is 0. The summed E-state index contributed by atoms with van der Waals surface area (Å²) < 4.78 is 56.3. The molecule has 0 bridgehead atoms. The molecular formula is C16H18F4O2. The summed E-state index contributed by atoms with van der Waals surface area (Å²) in [6.07, 6.45) is 0. The molecule has 0 saturated carbocycles. The third-order valence-corrected chi connectivity index (χ3v) is 3.08. The average Bonchev–Trinajstić information content (AvgIpc) is 2.34. The van der Waals surface area contributed by atoms with E-state index in [1.165, 1.54) is 41.5 Å². The first-order valence-corrected chi connectivity index (χ1v) is 6.66. The Kier molecular flexibility index (Phi) is 4.57. The van der Waals surface area contributed by atoms with Crippen LogP contribution in [0.1, 0.15) is 62.3 Å². The number of halogens is 4. The molecule has 0 aromatic heterocycles. The Bertz CT molecular complexity index is 564. The van der Waals surface area contributed by atoms with Gasteiger partial charge in [0.1, 0.15) is 0 Å². The quantitative estimate of drug-likeness (QED) is 0.450. The van der Waals surface area contributed by atoms with Crippen molar-refractivity contribution in [3.63, 3.8) is 0 Å². The molecule has 0 aliphatic rings.